The number of anilines is 8. The summed E-state index contributed by atoms with van der Waals surface area (Å²) < 4.78 is 0. The summed E-state index contributed by atoms with van der Waals surface area (Å²) in [6, 6.07) is 61.4. The van der Waals surface area contributed by atoms with Crippen molar-refractivity contribution in [3.8, 4) is 22.3 Å². The van der Waals surface area contributed by atoms with Crippen LogP contribution in [0.4, 0.5) is 45.5 Å². The van der Waals surface area contributed by atoms with Crippen LogP contribution in [0.15, 0.2) is 152 Å². The average molecular weight is 1080 g/mol. The van der Waals surface area contributed by atoms with Crippen LogP contribution in [0.1, 0.15) is 174 Å². The van der Waals surface area contributed by atoms with Gasteiger partial charge in [0.25, 0.3) is 6.71 Å². The Balaban J connectivity index is 1.10. The molecule has 6 aliphatic rings. The molecule has 4 heteroatoms. The molecule has 3 aliphatic carbocycles. The maximum atomic E-state index is 2.87. The largest absolute Gasteiger partial charge is 0.334 e. The molecule has 0 bridgehead atoms. The zero-order valence-corrected chi connectivity index (χ0v) is 52.0. The van der Waals surface area contributed by atoms with E-state index in [2.05, 4.69) is 270 Å². The van der Waals surface area contributed by atoms with Gasteiger partial charge in [0.2, 0.25) is 0 Å². The summed E-state index contributed by atoms with van der Waals surface area (Å²) in [6.45, 7) is 36.3. The molecule has 0 saturated heterocycles. The lowest BCUT2D eigenvalue weighted by atomic mass is 9.33. The molecule has 3 nitrogen and oxygen atoms in total. The van der Waals surface area contributed by atoms with Gasteiger partial charge in [-0.3, -0.25) is 0 Å². The van der Waals surface area contributed by atoms with E-state index in [-0.39, 0.29) is 44.7 Å². The average Bonchev–Trinajstić information content (AvgIpc) is 1.27. The molecule has 0 spiro atoms. The van der Waals surface area contributed by atoms with Gasteiger partial charge in [-0.2, -0.15) is 0 Å². The summed E-state index contributed by atoms with van der Waals surface area (Å²) in [5, 5.41) is 0. The van der Waals surface area contributed by atoms with E-state index in [0.29, 0.717) is 0 Å². The number of hydrogen-bond acceptors (Lipinski definition) is 3. The molecule has 3 heterocycles. The minimum Gasteiger partial charge on any atom is -0.334 e. The van der Waals surface area contributed by atoms with E-state index < -0.39 is 0 Å². The molecule has 8 aromatic rings. The first-order valence-electron chi connectivity index (χ1n) is 31.2. The van der Waals surface area contributed by atoms with Crippen molar-refractivity contribution < 1.29 is 0 Å². The van der Waals surface area contributed by atoms with Gasteiger partial charge in [0, 0.05) is 50.8 Å². The van der Waals surface area contributed by atoms with Crippen molar-refractivity contribution in [1.82, 2.24) is 0 Å². The summed E-state index contributed by atoms with van der Waals surface area (Å²) in [4.78, 5) is 8.36. The predicted molar refractivity (Wildman–Crippen MR) is 353 cm³/mol. The lowest BCUT2D eigenvalue weighted by Gasteiger charge is -2.51. The maximum absolute atomic E-state index is 2.87. The first kappa shape index (κ1) is 53.2. The Kier molecular flexibility index (Phi) is 11.6. The number of rotatable bonds is 5. The zero-order valence-electron chi connectivity index (χ0n) is 52.0. The van der Waals surface area contributed by atoms with Crippen LogP contribution in [0.2, 0.25) is 0 Å². The molecule has 2 atom stereocenters. The zero-order chi connectivity index (χ0) is 57.4. The molecule has 8 aromatic carbocycles. The topological polar surface area (TPSA) is 9.72 Å². The molecule has 1 saturated carbocycles. The van der Waals surface area contributed by atoms with Gasteiger partial charge in [-0.1, -0.05) is 201 Å². The van der Waals surface area contributed by atoms with E-state index in [0.717, 1.165) is 38.5 Å². The standard InChI is InChI=1S/C78H86BN3/c1-72(2,3)56-27-23-49(24-28-56)51-26-33-66-62(38-51)77(14)35-19-20-36-78(77,15)82(66)60-43-69-71-70(44-60)81(65-34-30-57(73(4,5)6)41-61(65)50-21-17-16-18-22-50)68-42-58(74(7,8)9)29-32-63(68)79(71)64-39-54-47-76(12,13)48-55(54)40-67(64)80(69)59-31-25-52-45-75(10,11)46-53(52)37-59/h16-18,21-34,37-44H,19-20,35-36,45-48H2,1-15H3. The second-order valence-corrected chi connectivity index (χ2v) is 31.2. The van der Waals surface area contributed by atoms with Crippen molar-refractivity contribution in [3.63, 3.8) is 0 Å². The van der Waals surface area contributed by atoms with Gasteiger partial charge in [0.15, 0.2) is 0 Å². The van der Waals surface area contributed by atoms with Crippen molar-refractivity contribution in [2.24, 2.45) is 10.8 Å². The third-order valence-corrected chi connectivity index (χ3v) is 21.0. The quantitative estimate of drug-likeness (QED) is 0.159. The van der Waals surface area contributed by atoms with Crippen molar-refractivity contribution in [2.75, 3.05) is 14.7 Å². The molecule has 3 aliphatic heterocycles. The molecule has 0 radical (unpaired) electrons. The Labute approximate surface area is 492 Å². The van der Waals surface area contributed by atoms with Gasteiger partial charge in [-0.05, 0) is 211 Å². The Morgan fingerprint density at radius 3 is 1.63 bits per heavy atom. The van der Waals surface area contributed by atoms with Crippen LogP contribution in [0.5, 0.6) is 0 Å². The van der Waals surface area contributed by atoms with E-state index in [1.54, 1.807) is 0 Å². The molecule has 1 fully saturated rings. The predicted octanol–water partition coefficient (Wildman–Crippen LogP) is 19.0. The van der Waals surface area contributed by atoms with Crippen LogP contribution in [0, 0.1) is 10.8 Å². The van der Waals surface area contributed by atoms with E-state index in [4.69, 9.17) is 0 Å². The minimum absolute atomic E-state index is 0.00981. The molecule has 0 aromatic heterocycles. The summed E-state index contributed by atoms with van der Waals surface area (Å²) in [7, 11) is 0. The smallest absolute Gasteiger partial charge is 0.252 e. The molecular formula is C78H86BN3. The van der Waals surface area contributed by atoms with E-state index in [1.807, 2.05) is 0 Å². The number of fused-ring (bicyclic) bond motifs is 9. The van der Waals surface area contributed by atoms with Crippen LogP contribution in [-0.4, -0.2) is 12.3 Å². The van der Waals surface area contributed by atoms with Crippen molar-refractivity contribution in [1.29, 1.82) is 0 Å². The second kappa shape index (κ2) is 17.9. The van der Waals surface area contributed by atoms with Gasteiger partial charge in [0.05, 0.1) is 11.2 Å². The van der Waals surface area contributed by atoms with E-state index in [9.17, 15) is 0 Å². The van der Waals surface area contributed by atoms with Crippen LogP contribution in [0.25, 0.3) is 22.3 Å². The maximum Gasteiger partial charge on any atom is 0.252 e. The molecule has 0 N–H and O–H groups in total. The van der Waals surface area contributed by atoms with Crippen LogP contribution < -0.4 is 31.1 Å². The lowest BCUT2D eigenvalue weighted by Crippen LogP contribution is -2.61. The molecule has 14 rings (SSSR count). The fourth-order valence-corrected chi connectivity index (χ4v) is 16.4. The molecule has 416 valence electrons. The first-order chi connectivity index (χ1) is 38.7. The monoisotopic (exact) mass is 1080 g/mol. The molecule has 82 heavy (non-hydrogen) atoms. The Bertz CT molecular complexity index is 3930. The van der Waals surface area contributed by atoms with Crippen LogP contribution in [-0.2, 0) is 47.3 Å². The van der Waals surface area contributed by atoms with Gasteiger partial charge in [0.1, 0.15) is 0 Å². The van der Waals surface area contributed by atoms with Gasteiger partial charge in [-0.25, -0.2) is 0 Å². The van der Waals surface area contributed by atoms with E-state index in [1.165, 1.54) is 141 Å². The highest BCUT2D eigenvalue weighted by molar-refractivity contribution is 7.00. The summed E-state index contributed by atoms with van der Waals surface area (Å²) in [5.74, 6) is 0. The SMILES string of the molecule is CC1(C)Cc2ccc(N3c4cc5c(cc4B4c6ccc(C(C)(C)C)cc6N(c6ccc(C(C)(C)C)cc6-c6ccccc6)c6cc(N7c8ccc(-c9ccc(C(C)(C)C)cc9)cc8C8(C)CCCCC78C)cc3c64)CC(C)(C)C5)cc2C1. The third-order valence-electron chi connectivity index (χ3n) is 21.0. The summed E-state index contributed by atoms with van der Waals surface area (Å²) in [6.07, 6.45) is 9.09. The van der Waals surface area contributed by atoms with E-state index >= 15 is 0 Å². The fraction of sp³-hybridized carbons (Fsp3) is 0.385. The molecule has 0 amide bonds. The third kappa shape index (κ3) is 8.25. The Morgan fingerprint density at radius 2 is 0.951 bits per heavy atom. The lowest BCUT2D eigenvalue weighted by molar-refractivity contribution is 0.195. The van der Waals surface area contributed by atoms with Crippen molar-refractivity contribution in [3.05, 3.63) is 196 Å². The van der Waals surface area contributed by atoms with Gasteiger partial charge < -0.3 is 14.7 Å². The van der Waals surface area contributed by atoms with Crippen LogP contribution in [0.3, 0.4) is 0 Å². The summed E-state index contributed by atoms with van der Waals surface area (Å²) >= 11 is 0. The summed E-state index contributed by atoms with van der Waals surface area (Å²) in [5.41, 5.74) is 31.3. The highest BCUT2D eigenvalue weighted by atomic mass is 15.3. The minimum atomic E-state index is -0.189. The Morgan fingerprint density at radius 1 is 0.390 bits per heavy atom. The first-order valence-corrected chi connectivity index (χ1v) is 31.2. The fourth-order valence-electron chi connectivity index (χ4n) is 16.4. The highest BCUT2D eigenvalue weighted by Gasteiger charge is 2.58. The Hall–Kier alpha value is -6.78. The van der Waals surface area contributed by atoms with Crippen LogP contribution >= 0.6 is 0 Å². The number of hydrogen-bond donors (Lipinski definition) is 0. The molecule has 2 unspecified atom stereocenters. The highest BCUT2D eigenvalue weighted by Crippen LogP contribution is 2.63. The van der Waals surface area contributed by atoms with Gasteiger partial charge >= 0.3 is 0 Å². The molecular weight excluding hydrogens is 990 g/mol. The second-order valence-electron chi connectivity index (χ2n) is 31.2. The number of nitrogens with zero attached hydrogens (tertiary/aromatic N) is 3. The van der Waals surface area contributed by atoms with Gasteiger partial charge in [-0.15, -0.1) is 0 Å². The van der Waals surface area contributed by atoms with Crippen molar-refractivity contribution >= 4 is 68.6 Å². The number of benzene rings is 8. The normalized spacial score (nSPS) is 20.9. The van der Waals surface area contributed by atoms with Crippen molar-refractivity contribution in [2.45, 2.75) is 182 Å².